The molecule has 2 aromatic heterocycles. The van der Waals surface area contributed by atoms with Gasteiger partial charge in [-0.15, -0.1) is 0 Å². The summed E-state index contributed by atoms with van der Waals surface area (Å²) in [5.41, 5.74) is 7.14. The zero-order chi connectivity index (χ0) is 27.3. The Morgan fingerprint density at radius 3 is 2.51 bits per heavy atom. The number of pyridine rings is 1. The number of nitrogens with one attached hydrogen (secondary N) is 1. The number of hydrogen-bond donors (Lipinski definition) is 2. The summed E-state index contributed by atoms with van der Waals surface area (Å²) in [5.74, 6) is -3.18. The summed E-state index contributed by atoms with van der Waals surface area (Å²) < 4.78 is 54.0. The normalized spacial score (nSPS) is 12.3. The van der Waals surface area contributed by atoms with Gasteiger partial charge in [0.15, 0.2) is 11.7 Å². The molecule has 1 amide bonds. The molecule has 2 heterocycles. The van der Waals surface area contributed by atoms with Crippen molar-refractivity contribution in [1.82, 2.24) is 14.5 Å². The molecule has 3 rings (SSSR count). The molecule has 1 atom stereocenters. The maximum absolute atomic E-state index is 14.4. The van der Waals surface area contributed by atoms with E-state index in [4.69, 9.17) is 11.1 Å². The highest BCUT2D eigenvalue weighted by atomic mass is 19.4. The van der Waals surface area contributed by atoms with Gasteiger partial charge in [-0.1, -0.05) is 25.1 Å². The van der Waals surface area contributed by atoms with Crippen LogP contribution in [0.25, 0.3) is 11.1 Å². The van der Waals surface area contributed by atoms with Crippen LogP contribution < -0.4 is 5.73 Å². The fourth-order valence-electron chi connectivity index (χ4n) is 4.02. The predicted molar refractivity (Wildman–Crippen MR) is 131 cm³/mol. The van der Waals surface area contributed by atoms with Crippen LogP contribution in [0.5, 0.6) is 0 Å². The van der Waals surface area contributed by atoms with E-state index in [9.17, 15) is 27.2 Å². The second-order valence-corrected chi connectivity index (χ2v) is 8.53. The van der Waals surface area contributed by atoms with Crippen molar-refractivity contribution in [3.63, 3.8) is 0 Å². The Bertz CT molecular complexity index is 1300. The number of aromatic nitrogens is 2. The Morgan fingerprint density at radius 2 is 1.89 bits per heavy atom. The van der Waals surface area contributed by atoms with Crippen molar-refractivity contribution in [2.24, 2.45) is 5.73 Å². The summed E-state index contributed by atoms with van der Waals surface area (Å²) in [7, 11) is 1.32. The molecule has 0 saturated carbocycles. The van der Waals surface area contributed by atoms with E-state index < -0.39 is 36.3 Å². The van der Waals surface area contributed by atoms with Crippen molar-refractivity contribution in [2.75, 3.05) is 7.05 Å². The van der Waals surface area contributed by atoms with Crippen molar-refractivity contribution in [1.29, 1.82) is 5.41 Å². The summed E-state index contributed by atoms with van der Waals surface area (Å²) >= 11 is 0. The molecule has 0 aliphatic carbocycles. The minimum Gasteiger partial charge on any atom is -0.370 e. The smallest absolute Gasteiger partial charge is 0.370 e. The number of rotatable bonds is 9. The van der Waals surface area contributed by atoms with Crippen LogP contribution in [0.4, 0.5) is 17.6 Å². The first kappa shape index (κ1) is 27.6. The molecule has 0 radical (unpaired) electrons. The molecule has 3 aromatic rings. The molecule has 1 aromatic carbocycles. The van der Waals surface area contributed by atoms with E-state index in [0.717, 1.165) is 4.90 Å². The molecule has 0 bridgehead atoms. The van der Waals surface area contributed by atoms with E-state index in [2.05, 4.69) is 4.98 Å². The summed E-state index contributed by atoms with van der Waals surface area (Å²) in [4.78, 5) is 30.7. The summed E-state index contributed by atoms with van der Waals surface area (Å²) in [5, 5.41) is 7.71. The van der Waals surface area contributed by atoms with Gasteiger partial charge in [0.25, 0.3) is 0 Å². The average Bonchev–Trinajstić information content (AvgIpc) is 3.26. The summed E-state index contributed by atoms with van der Waals surface area (Å²) in [6.45, 7) is 1.55. The highest BCUT2D eigenvalue weighted by Crippen LogP contribution is 2.32. The molecule has 0 spiro atoms. The molecular formula is C26H27F4N5O2. The number of ketones is 1. The number of carbonyl (C=O) groups excluding carboxylic acids is 2. The van der Waals surface area contributed by atoms with E-state index in [1.165, 1.54) is 36.1 Å². The number of aryl methyl sites for hydroxylation is 1. The number of Topliss-reactive ketones (excluding diaryl/α,β-unsaturated/α-hetero) is 1. The molecule has 0 fully saturated rings. The molecule has 11 heteroatoms. The van der Waals surface area contributed by atoms with Crippen LogP contribution in [0.2, 0.25) is 0 Å². The molecule has 3 N–H and O–H groups in total. The lowest BCUT2D eigenvalue weighted by atomic mass is 9.89. The number of hydrogen-bond acceptors (Lipinski definition) is 4. The van der Waals surface area contributed by atoms with Crippen molar-refractivity contribution in [2.45, 2.75) is 44.8 Å². The van der Waals surface area contributed by atoms with Crippen LogP contribution in [0.1, 0.15) is 53.7 Å². The van der Waals surface area contributed by atoms with Crippen LogP contribution in [-0.2, 0) is 11.3 Å². The third-order valence-electron chi connectivity index (χ3n) is 5.95. The fourth-order valence-corrected chi connectivity index (χ4v) is 4.02. The van der Waals surface area contributed by atoms with Gasteiger partial charge >= 0.3 is 6.18 Å². The Kier molecular flexibility index (Phi) is 8.46. The topological polar surface area (TPSA) is 105 Å². The Hall–Kier alpha value is -4.02. The second-order valence-electron chi connectivity index (χ2n) is 8.53. The molecule has 196 valence electrons. The lowest BCUT2D eigenvalue weighted by molar-refractivity contribution is -0.136. The zero-order valence-corrected chi connectivity index (χ0v) is 20.3. The molecule has 0 aliphatic heterocycles. The van der Waals surface area contributed by atoms with Gasteiger partial charge in [-0.2, -0.15) is 17.6 Å². The van der Waals surface area contributed by atoms with Crippen LogP contribution in [-0.4, -0.2) is 45.3 Å². The number of benzene rings is 1. The number of nitrogens with zero attached hydrogens (tertiary/aromatic N) is 3. The van der Waals surface area contributed by atoms with Gasteiger partial charge in [0.1, 0.15) is 0 Å². The highest BCUT2D eigenvalue weighted by Gasteiger charge is 2.31. The van der Waals surface area contributed by atoms with E-state index in [1.54, 1.807) is 37.3 Å². The number of nitrogens with two attached hydrogens (primary N) is 1. The maximum Gasteiger partial charge on any atom is 0.389 e. The van der Waals surface area contributed by atoms with Gasteiger partial charge in [-0.05, 0) is 47.4 Å². The maximum atomic E-state index is 14.4. The first-order valence-corrected chi connectivity index (χ1v) is 11.6. The number of guanidine groups is 1. The first-order valence-electron chi connectivity index (χ1n) is 11.6. The van der Waals surface area contributed by atoms with Gasteiger partial charge in [-0.25, -0.2) is 4.98 Å². The van der Waals surface area contributed by atoms with Crippen molar-refractivity contribution in [3.05, 3.63) is 77.6 Å². The number of likely N-dealkylation sites (N-methyl/N-ethyl adjacent to an activating group) is 1. The van der Waals surface area contributed by atoms with Crippen LogP contribution in [0.15, 0.2) is 54.9 Å². The SMILES string of the molecule is CCC(=O)c1cc(C(C(=O)N(C)C(=N)N)c2cccc(-c3cccnc3F)c2)cn1CCCC(F)(F)F. The standard InChI is InChI=1S/C26H27F4N5O2/c1-3-21(36)20-14-18(15-35(20)12-6-10-26(28,29)30)22(24(37)34(2)25(31)32)17-8-4-7-16(13-17)19-9-5-11-33-23(19)27/h4-5,7-9,11,13-15,22H,3,6,10,12H2,1-2H3,(H3,31,32). The largest absolute Gasteiger partial charge is 0.389 e. The Balaban J connectivity index is 2.12. The minimum absolute atomic E-state index is 0.0784. The lowest BCUT2D eigenvalue weighted by Gasteiger charge is -2.23. The highest BCUT2D eigenvalue weighted by molar-refractivity contribution is 6.00. The minimum atomic E-state index is -4.34. The monoisotopic (exact) mass is 517 g/mol. The van der Waals surface area contributed by atoms with Crippen molar-refractivity contribution < 1.29 is 27.2 Å². The van der Waals surface area contributed by atoms with Crippen LogP contribution in [0, 0.1) is 11.4 Å². The number of carbonyl (C=O) groups is 2. The van der Waals surface area contributed by atoms with Crippen molar-refractivity contribution in [3.8, 4) is 11.1 Å². The van der Waals surface area contributed by atoms with Gasteiger partial charge in [0.2, 0.25) is 11.9 Å². The Morgan fingerprint density at radius 1 is 1.16 bits per heavy atom. The average molecular weight is 518 g/mol. The zero-order valence-electron chi connectivity index (χ0n) is 20.3. The molecular weight excluding hydrogens is 490 g/mol. The van der Waals surface area contributed by atoms with Gasteiger partial charge < -0.3 is 10.3 Å². The summed E-state index contributed by atoms with van der Waals surface area (Å²) in [6.07, 6.45) is -2.70. The number of halogens is 4. The third kappa shape index (κ3) is 6.60. The number of alkyl halides is 3. The molecule has 37 heavy (non-hydrogen) atoms. The molecule has 0 aliphatic rings. The summed E-state index contributed by atoms with van der Waals surface area (Å²) in [6, 6.07) is 11.1. The molecule has 1 unspecified atom stereocenters. The first-order chi connectivity index (χ1) is 17.4. The van der Waals surface area contributed by atoms with Gasteiger partial charge in [0, 0.05) is 44.4 Å². The third-order valence-corrected chi connectivity index (χ3v) is 5.95. The van der Waals surface area contributed by atoms with E-state index in [-0.39, 0.29) is 36.4 Å². The van der Waals surface area contributed by atoms with E-state index in [1.807, 2.05) is 0 Å². The van der Waals surface area contributed by atoms with Crippen molar-refractivity contribution >= 4 is 17.6 Å². The van der Waals surface area contributed by atoms with Gasteiger partial charge in [-0.3, -0.25) is 19.9 Å². The van der Waals surface area contributed by atoms with E-state index in [0.29, 0.717) is 16.7 Å². The number of amides is 1. The van der Waals surface area contributed by atoms with E-state index >= 15 is 0 Å². The van der Waals surface area contributed by atoms with Crippen LogP contribution in [0.3, 0.4) is 0 Å². The predicted octanol–water partition coefficient (Wildman–Crippen LogP) is 5.11. The van der Waals surface area contributed by atoms with Gasteiger partial charge in [0.05, 0.1) is 11.6 Å². The fraction of sp³-hybridized carbons (Fsp3) is 0.308. The Labute approximate surface area is 211 Å². The van der Waals surface area contributed by atoms with Crippen LogP contribution >= 0.6 is 0 Å². The quantitative estimate of drug-likeness (QED) is 0.135. The second kappa shape index (κ2) is 11.4. The molecule has 7 nitrogen and oxygen atoms in total. The molecule has 0 saturated heterocycles. The lowest BCUT2D eigenvalue weighted by Crippen LogP contribution is -2.41.